The van der Waals surface area contributed by atoms with Crippen molar-refractivity contribution in [1.29, 1.82) is 0 Å². The van der Waals surface area contributed by atoms with Crippen LogP contribution in [-0.2, 0) is 15.6 Å². The van der Waals surface area contributed by atoms with Crippen molar-refractivity contribution >= 4 is 10.0 Å². The minimum absolute atomic E-state index is 0. The molecular formula is C16H19ClN2O2S. The molecule has 1 aliphatic rings. The zero-order valence-corrected chi connectivity index (χ0v) is 13.9. The number of hydrogen-bond acceptors (Lipinski definition) is 2. The Bertz CT molecular complexity index is 739. The van der Waals surface area contributed by atoms with E-state index in [-0.39, 0.29) is 17.9 Å². The van der Waals surface area contributed by atoms with Crippen LogP contribution in [0.3, 0.4) is 0 Å². The fraction of sp³-hybridized carbons (Fsp3) is 0.250. The number of benzene rings is 2. The molecule has 22 heavy (non-hydrogen) atoms. The van der Waals surface area contributed by atoms with Crippen LogP contribution in [0, 0.1) is 6.92 Å². The molecule has 0 saturated carbocycles. The van der Waals surface area contributed by atoms with Gasteiger partial charge in [0.2, 0.25) is 10.0 Å². The summed E-state index contributed by atoms with van der Waals surface area (Å²) in [6.45, 7) is 2.79. The maximum absolute atomic E-state index is 12.5. The molecule has 3 N–H and O–H groups in total. The van der Waals surface area contributed by atoms with Crippen LogP contribution in [0.4, 0.5) is 0 Å². The van der Waals surface area contributed by atoms with E-state index in [0.717, 1.165) is 11.1 Å². The highest BCUT2D eigenvalue weighted by Gasteiger charge is 2.50. The number of sulfonamides is 1. The van der Waals surface area contributed by atoms with Gasteiger partial charge in [-0.2, -0.15) is 4.31 Å². The zero-order valence-electron chi connectivity index (χ0n) is 12.4. The molecule has 0 aromatic heterocycles. The van der Waals surface area contributed by atoms with Crippen LogP contribution >= 0.6 is 0 Å². The van der Waals surface area contributed by atoms with Gasteiger partial charge in [0, 0.05) is 5.56 Å². The fourth-order valence-electron chi connectivity index (χ4n) is 2.63. The Morgan fingerprint density at radius 3 is 2.09 bits per heavy atom. The molecule has 1 saturated heterocycles. The van der Waals surface area contributed by atoms with Crippen molar-refractivity contribution in [1.82, 2.24) is 4.31 Å². The molecule has 0 amide bonds. The van der Waals surface area contributed by atoms with E-state index in [4.69, 9.17) is 0 Å². The second-order valence-corrected chi connectivity index (χ2v) is 7.67. The van der Waals surface area contributed by atoms with Gasteiger partial charge < -0.3 is 18.1 Å². The third-order valence-electron chi connectivity index (χ3n) is 4.00. The van der Waals surface area contributed by atoms with Crippen molar-refractivity contribution < 1.29 is 26.6 Å². The lowest BCUT2D eigenvalue weighted by Gasteiger charge is -2.43. The van der Waals surface area contributed by atoms with Crippen LogP contribution in [0.5, 0.6) is 0 Å². The maximum atomic E-state index is 12.5. The summed E-state index contributed by atoms with van der Waals surface area (Å²) in [5.41, 5.74) is 6.01. The molecule has 0 radical (unpaired) electrons. The summed E-state index contributed by atoms with van der Waals surface area (Å²) in [5, 5.41) is 0. The first-order chi connectivity index (χ1) is 9.92. The third kappa shape index (κ3) is 2.90. The molecule has 2 aromatic rings. The van der Waals surface area contributed by atoms with Crippen molar-refractivity contribution in [2.45, 2.75) is 17.4 Å². The van der Waals surface area contributed by atoms with Gasteiger partial charge in [-0.1, -0.05) is 48.0 Å². The van der Waals surface area contributed by atoms with E-state index in [1.807, 2.05) is 49.4 Å². The lowest BCUT2D eigenvalue weighted by molar-refractivity contribution is -0.509. The Morgan fingerprint density at radius 1 is 1.00 bits per heavy atom. The van der Waals surface area contributed by atoms with E-state index in [9.17, 15) is 8.42 Å². The second-order valence-electron chi connectivity index (χ2n) is 5.73. The zero-order chi connectivity index (χ0) is 15.1. The second kappa shape index (κ2) is 6.01. The van der Waals surface area contributed by atoms with Gasteiger partial charge in [0.25, 0.3) is 0 Å². The number of halogens is 1. The van der Waals surface area contributed by atoms with E-state index < -0.39 is 10.0 Å². The van der Waals surface area contributed by atoms with E-state index >= 15 is 0 Å². The largest absolute Gasteiger partial charge is 1.00 e. The molecule has 0 atom stereocenters. The molecule has 0 unspecified atom stereocenters. The van der Waals surface area contributed by atoms with Crippen LogP contribution in [-0.4, -0.2) is 25.8 Å². The smallest absolute Gasteiger partial charge is 0.243 e. The summed E-state index contributed by atoms with van der Waals surface area (Å²) in [4.78, 5) is 0.350. The maximum Gasteiger partial charge on any atom is 0.243 e. The summed E-state index contributed by atoms with van der Waals surface area (Å²) in [6.07, 6.45) is 0. The van der Waals surface area contributed by atoms with Crippen LogP contribution in [0.1, 0.15) is 11.1 Å². The number of nitrogens with zero attached hydrogens (tertiary/aromatic N) is 1. The molecule has 1 fully saturated rings. The monoisotopic (exact) mass is 338 g/mol. The summed E-state index contributed by atoms with van der Waals surface area (Å²) in [6, 6.07) is 16.8. The first-order valence-electron chi connectivity index (χ1n) is 6.90. The minimum Gasteiger partial charge on any atom is -1.00 e. The number of quaternary nitrogens is 1. The Hall–Kier alpha value is -1.40. The van der Waals surface area contributed by atoms with Gasteiger partial charge in [0.05, 0.1) is 18.0 Å². The van der Waals surface area contributed by atoms with Gasteiger partial charge >= 0.3 is 0 Å². The molecule has 1 aliphatic heterocycles. The SMILES string of the molecule is Cc1ccc(S(=O)(=O)N2CC([NH3+])(c3ccccc3)C2)cc1.[Cl-]. The Morgan fingerprint density at radius 2 is 1.55 bits per heavy atom. The van der Waals surface area contributed by atoms with Gasteiger partial charge in [-0.3, -0.25) is 0 Å². The molecule has 2 aromatic carbocycles. The predicted octanol–water partition coefficient (Wildman–Crippen LogP) is -1.86. The van der Waals surface area contributed by atoms with Crippen LogP contribution < -0.4 is 18.1 Å². The molecular weight excluding hydrogens is 320 g/mol. The molecule has 1 heterocycles. The van der Waals surface area contributed by atoms with Crippen LogP contribution in [0.15, 0.2) is 59.5 Å². The van der Waals surface area contributed by atoms with Gasteiger partial charge in [-0.05, 0) is 19.1 Å². The number of rotatable bonds is 3. The quantitative estimate of drug-likeness (QED) is 0.713. The highest BCUT2D eigenvalue weighted by Crippen LogP contribution is 2.32. The van der Waals surface area contributed by atoms with E-state index in [1.165, 1.54) is 4.31 Å². The first kappa shape index (κ1) is 17.0. The summed E-state index contributed by atoms with van der Waals surface area (Å²) < 4.78 is 26.6. The summed E-state index contributed by atoms with van der Waals surface area (Å²) in [5.74, 6) is 0. The van der Waals surface area contributed by atoms with E-state index in [1.54, 1.807) is 12.1 Å². The van der Waals surface area contributed by atoms with Crippen LogP contribution in [0.25, 0.3) is 0 Å². The molecule has 4 nitrogen and oxygen atoms in total. The average molecular weight is 339 g/mol. The lowest BCUT2D eigenvalue weighted by atomic mass is 9.85. The minimum atomic E-state index is -3.40. The van der Waals surface area contributed by atoms with Crippen molar-refractivity contribution in [3.63, 3.8) is 0 Å². The highest BCUT2D eigenvalue weighted by molar-refractivity contribution is 7.89. The predicted molar refractivity (Wildman–Crippen MR) is 80.9 cm³/mol. The molecule has 0 spiro atoms. The first-order valence-corrected chi connectivity index (χ1v) is 8.34. The van der Waals surface area contributed by atoms with Gasteiger partial charge in [-0.25, -0.2) is 8.42 Å². The van der Waals surface area contributed by atoms with Crippen molar-refractivity contribution in [3.05, 3.63) is 65.7 Å². The fourth-order valence-corrected chi connectivity index (χ4v) is 4.24. The Balaban J connectivity index is 0.00000176. The summed E-state index contributed by atoms with van der Waals surface area (Å²) >= 11 is 0. The summed E-state index contributed by atoms with van der Waals surface area (Å²) in [7, 11) is -3.40. The van der Waals surface area contributed by atoms with Gasteiger partial charge in [-0.15, -0.1) is 0 Å². The van der Waals surface area contributed by atoms with E-state index in [0.29, 0.717) is 18.0 Å². The van der Waals surface area contributed by atoms with Gasteiger partial charge in [0.1, 0.15) is 5.54 Å². The molecule has 6 heteroatoms. The number of aryl methyl sites for hydroxylation is 1. The standard InChI is InChI=1S/C16H18N2O2S.ClH/c1-13-7-9-15(10-8-13)21(19,20)18-11-16(17,12-18)14-5-3-2-4-6-14;/h2-10H,11-12,17H2,1H3;1H. The van der Waals surface area contributed by atoms with Crippen LogP contribution in [0.2, 0.25) is 0 Å². The average Bonchev–Trinajstić information content (AvgIpc) is 2.45. The molecule has 3 rings (SSSR count). The van der Waals surface area contributed by atoms with Crippen molar-refractivity contribution in [3.8, 4) is 0 Å². The molecule has 0 aliphatic carbocycles. The topological polar surface area (TPSA) is 65.0 Å². The highest BCUT2D eigenvalue weighted by atomic mass is 35.5. The van der Waals surface area contributed by atoms with Gasteiger partial charge in [0.15, 0.2) is 0 Å². The van der Waals surface area contributed by atoms with Crippen molar-refractivity contribution in [2.75, 3.05) is 13.1 Å². The number of hydrogen-bond donors (Lipinski definition) is 1. The Kier molecular flexibility index (Phi) is 4.63. The lowest BCUT2D eigenvalue weighted by Crippen LogP contribution is -3.00. The molecule has 118 valence electrons. The third-order valence-corrected chi connectivity index (χ3v) is 5.81. The Labute approximate surface area is 137 Å². The van der Waals surface area contributed by atoms with Crippen molar-refractivity contribution in [2.24, 2.45) is 0 Å². The van der Waals surface area contributed by atoms with E-state index in [2.05, 4.69) is 5.73 Å². The normalized spacial score (nSPS) is 17.4. The molecule has 0 bridgehead atoms.